The van der Waals surface area contributed by atoms with Crippen LogP contribution in [0.1, 0.15) is 28.4 Å². The van der Waals surface area contributed by atoms with Crippen LogP contribution in [-0.4, -0.2) is 25.5 Å². The van der Waals surface area contributed by atoms with Gasteiger partial charge in [0.15, 0.2) is 0 Å². The highest BCUT2D eigenvalue weighted by atomic mass is 16.5. The lowest BCUT2D eigenvalue weighted by Crippen LogP contribution is -2.22. The third kappa shape index (κ3) is 4.59. The molecular formula is C19H22N2O3. The van der Waals surface area contributed by atoms with Crippen molar-refractivity contribution >= 4 is 23.3 Å². The lowest BCUT2D eigenvalue weighted by molar-refractivity contribution is -0.114. The van der Waals surface area contributed by atoms with E-state index in [0.29, 0.717) is 11.3 Å². The van der Waals surface area contributed by atoms with Gasteiger partial charge in [-0.3, -0.25) is 4.79 Å². The number of anilines is 2. The van der Waals surface area contributed by atoms with Crippen molar-refractivity contribution < 1.29 is 14.3 Å². The Morgan fingerprint density at radius 1 is 1.08 bits per heavy atom. The molecule has 1 amide bonds. The number of methoxy groups -OCH3 is 1. The summed E-state index contributed by atoms with van der Waals surface area (Å²) in [5.74, 6) is -0.612. The number of esters is 1. The van der Waals surface area contributed by atoms with Crippen molar-refractivity contribution in [3.8, 4) is 0 Å². The lowest BCUT2D eigenvalue weighted by atomic mass is 10.1. The maximum Gasteiger partial charge on any atom is 0.337 e. The second-order valence-electron chi connectivity index (χ2n) is 5.47. The van der Waals surface area contributed by atoms with Gasteiger partial charge in [0.2, 0.25) is 5.91 Å². The third-order valence-electron chi connectivity index (χ3n) is 3.75. The van der Waals surface area contributed by atoms with Crippen molar-refractivity contribution in [2.24, 2.45) is 0 Å². The largest absolute Gasteiger partial charge is 0.465 e. The van der Waals surface area contributed by atoms with Crippen LogP contribution < -0.4 is 10.6 Å². The van der Waals surface area contributed by atoms with E-state index in [0.717, 1.165) is 17.7 Å². The molecule has 0 heterocycles. The summed E-state index contributed by atoms with van der Waals surface area (Å²) in [6, 6.07) is 13.0. The minimum absolute atomic E-state index is 0.146. The van der Waals surface area contributed by atoms with Crippen molar-refractivity contribution in [3.05, 3.63) is 59.2 Å². The molecule has 2 N–H and O–H groups in total. The Bertz CT molecular complexity index is 724. The van der Waals surface area contributed by atoms with Crippen LogP contribution in [0.3, 0.4) is 0 Å². The fourth-order valence-corrected chi connectivity index (χ4v) is 2.24. The molecule has 0 atom stereocenters. The number of hydrogen-bond donors (Lipinski definition) is 2. The third-order valence-corrected chi connectivity index (χ3v) is 3.75. The first kappa shape index (κ1) is 17.5. The maximum atomic E-state index is 12.1. The number of amides is 1. The summed E-state index contributed by atoms with van der Waals surface area (Å²) >= 11 is 0. The molecule has 0 saturated carbocycles. The highest BCUT2D eigenvalue weighted by Crippen LogP contribution is 2.17. The molecule has 5 heteroatoms. The summed E-state index contributed by atoms with van der Waals surface area (Å²) in [6.45, 7) is 4.11. The van der Waals surface area contributed by atoms with Gasteiger partial charge in [-0.1, -0.05) is 25.1 Å². The molecule has 0 unspecified atom stereocenters. The first-order valence-corrected chi connectivity index (χ1v) is 7.85. The van der Waals surface area contributed by atoms with E-state index in [9.17, 15) is 9.59 Å². The number of nitrogens with one attached hydrogen (secondary N) is 2. The summed E-state index contributed by atoms with van der Waals surface area (Å²) in [4.78, 5) is 23.7. The Morgan fingerprint density at radius 2 is 1.79 bits per heavy atom. The first-order chi connectivity index (χ1) is 11.5. The summed E-state index contributed by atoms with van der Waals surface area (Å²) in [5.41, 5.74) is 4.03. The number of carbonyl (C=O) groups is 2. The van der Waals surface area contributed by atoms with Gasteiger partial charge in [0.1, 0.15) is 0 Å². The Hall–Kier alpha value is -2.82. The summed E-state index contributed by atoms with van der Waals surface area (Å²) < 4.78 is 4.70. The highest BCUT2D eigenvalue weighted by molar-refractivity contribution is 5.97. The van der Waals surface area contributed by atoms with Crippen molar-refractivity contribution in [2.45, 2.75) is 20.3 Å². The van der Waals surface area contributed by atoms with Crippen LogP contribution >= 0.6 is 0 Å². The summed E-state index contributed by atoms with van der Waals surface area (Å²) in [7, 11) is 1.33. The van der Waals surface area contributed by atoms with Gasteiger partial charge in [0, 0.05) is 11.4 Å². The first-order valence-electron chi connectivity index (χ1n) is 7.85. The predicted octanol–water partition coefficient (Wildman–Crippen LogP) is 3.39. The predicted molar refractivity (Wildman–Crippen MR) is 95.5 cm³/mol. The minimum Gasteiger partial charge on any atom is -0.465 e. The van der Waals surface area contributed by atoms with Crippen LogP contribution in [0.25, 0.3) is 0 Å². The Labute approximate surface area is 142 Å². The summed E-state index contributed by atoms with van der Waals surface area (Å²) in [6.07, 6.45) is 0.983. The zero-order valence-corrected chi connectivity index (χ0v) is 14.2. The quantitative estimate of drug-likeness (QED) is 0.799. The van der Waals surface area contributed by atoms with E-state index >= 15 is 0 Å². The van der Waals surface area contributed by atoms with Gasteiger partial charge in [0.25, 0.3) is 0 Å². The molecule has 24 heavy (non-hydrogen) atoms. The van der Waals surface area contributed by atoms with E-state index in [2.05, 4.69) is 17.6 Å². The monoisotopic (exact) mass is 326 g/mol. The Morgan fingerprint density at radius 3 is 2.42 bits per heavy atom. The summed E-state index contributed by atoms with van der Waals surface area (Å²) in [5, 5.41) is 5.89. The average molecular weight is 326 g/mol. The number of benzene rings is 2. The molecule has 0 aliphatic rings. The molecule has 0 aliphatic heterocycles. The van der Waals surface area contributed by atoms with E-state index in [1.807, 2.05) is 31.2 Å². The Kier molecular flexibility index (Phi) is 5.95. The van der Waals surface area contributed by atoms with Gasteiger partial charge in [0.05, 0.1) is 19.2 Å². The topological polar surface area (TPSA) is 67.4 Å². The molecule has 0 radical (unpaired) electrons. The average Bonchev–Trinajstić information content (AvgIpc) is 2.61. The number of carbonyl (C=O) groups excluding carboxylic acids is 2. The second-order valence-corrected chi connectivity index (χ2v) is 5.47. The van der Waals surface area contributed by atoms with Crippen LogP contribution in [-0.2, 0) is 16.0 Å². The number of rotatable bonds is 6. The molecule has 126 valence electrons. The molecule has 0 bridgehead atoms. The minimum atomic E-state index is -0.431. The van der Waals surface area contributed by atoms with E-state index in [1.54, 1.807) is 18.2 Å². The van der Waals surface area contributed by atoms with Crippen LogP contribution in [0, 0.1) is 6.92 Å². The molecule has 0 aliphatic carbocycles. The van der Waals surface area contributed by atoms with E-state index in [4.69, 9.17) is 4.74 Å². The molecule has 0 aromatic heterocycles. The van der Waals surface area contributed by atoms with Crippen molar-refractivity contribution in [2.75, 3.05) is 24.3 Å². The second kappa shape index (κ2) is 8.15. The van der Waals surface area contributed by atoms with E-state index < -0.39 is 5.97 Å². The van der Waals surface area contributed by atoms with Crippen molar-refractivity contribution in [1.29, 1.82) is 0 Å². The van der Waals surface area contributed by atoms with Crippen LogP contribution in [0.4, 0.5) is 11.4 Å². The SMILES string of the molecule is CCc1ccc(NCC(=O)Nc2cc(C(=O)OC)ccc2C)cc1. The normalized spacial score (nSPS) is 10.1. The van der Waals surface area contributed by atoms with Crippen molar-refractivity contribution in [3.63, 3.8) is 0 Å². The molecule has 2 rings (SSSR count). The van der Waals surface area contributed by atoms with Crippen molar-refractivity contribution in [1.82, 2.24) is 0 Å². The maximum absolute atomic E-state index is 12.1. The molecular weight excluding hydrogens is 304 g/mol. The molecule has 2 aromatic carbocycles. The van der Waals surface area contributed by atoms with Gasteiger partial charge in [-0.05, 0) is 48.7 Å². The molecule has 0 spiro atoms. The standard InChI is InChI=1S/C19H22N2O3/c1-4-14-6-9-16(10-7-14)20-12-18(22)21-17-11-15(19(23)24-3)8-5-13(17)2/h5-11,20H,4,12H2,1-3H3,(H,21,22). The molecule has 0 fully saturated rings. The van der Waals surface area contributed by atoms with Crippen LogP contribution in [0.15, 0.2) is 42.5 Å². The van der Waals surface area contributed by atoms with Gasteiger partial charge >= 0.3 is 5.97 Å². The van der Waals surface area contributed by atoms with Gasteiger partial charge in [-0.15, -0.1) is 0 Å². The van der Waals surface area contributed by atoms with Crippen LogP contribution in [0.5, 0.6) is 0 Å². The lowest BCUT2D eigenvalue weighted by Gasteiger charge is -2.11. The van der Waals surface area contributed by atoms with Gasteiger partial charge in [-0.2, -0.15) is 0 Å². The number of aryl methyl sites for hydroxylation is 2. The molecule has 2 aromatic rings. The zero-order chi connectivity index (χ0) is 17.5. The zero-order valence-electron chi connectivity index (χ0n) is 14.2. The smallest absolute Gasteiger partial charge is 0.337 e. The number of ether oxygens (including phenoxy) is 1. The highest BCUT2D eigenvalue weighted by Gasteiger charge is 2.10. The molecule has 0 saturated heterocycles. The number of hydrogen-bond acceptors (Lipinski definition) is 4. The fourth-order valence-electron chi connectivity index (χ4n) is 2.24. The van der Waals surface area contributed by atoms with E-state index in [-0.39, 0.29) is 12.5 Å². The van der Waals surface area contributed by atoms with E-state index in [1.165, 1.54) is 12.7 Å². The van der Waals surface area contributed by atoms with Gasteiger partial charge in [-0.25, -0.2) is 4.79 Å². The molecule has 5 nitrogen and oxygen atoms in total. The van der Waals surface area contributed by atoms with Gasteiger partial charge < -0.3 is 15.4 Å². The Balaban J connectivity index is 1.97. The fraction of sp³-hybridized carbons (Fsp3) is 0.263. The van der Waals surface area contributed by atoms with Crippen LogP contribution in [0.2, 0.25) is 0 Å².